The van der Waals surface area contributed by atoms with Gasteiger partial charge in [0.2, 0.25) is 5.91 Å². The molecule has 0 saturated heterocycles. The number of methoxy groups -OCH3 is 1. The van der Waals surface area contributed by atoms with Gasteiger partial charge in [0.1, 0.15) is 5.75 Å². The Morgan fingerprint density at radius 2 is 2.05 bits per heavy atom. The summed E-state index contributed by atoms with van der Waals surface area (Å²) in [6, 6.07) is 7.51. The Morgan fingerprint density at radius 3 is 2.75 bits per heavy atom. The molecule has 0 bridgehead atoms. The zero-order chi connectivity index (χ0) is 14.8. The van der Waals surface area contributed by atoms with Gasteiger partial charge in [0.15, 0.2) is 0 Å². The molecule has 0 spiro atoms. The lowest BCUT2D eigenvalue weighted by Gasteiger charge is -2.11. The van der Waals surface area contributed by atoms with Crippen LogP contribution in [-0.4, -0.2) is 38.8 Å². The van der Waals surface area contributed by atoms with Crippen molar-refractivity contribution in [1.82, 2.24) is 5.32 Å². The SMILES string of the molecule is COc1ccccc1NCC(=O)NCCCOC(C)C. The highest BCUT2D eigenvalue weighted by Crippen LogP contribution is 2.22. The van der Waals surface area contributed by atoms with Crippen molar-refractivity contribution in [1.29, 1.82) is 0 Å². The number of nitrogens with one attached hydrogen (secondary N) is 2. The molecule has 0 radical (unpaired) electrons. The lowest BCUT2D eigenvalue weighted by atomic mass is 10.3. The minimum absolute atomic E-state index is 0.0412. The van der Waals surface area contributed by atoms with E-state index in [0.29, 0.717) is 13.2 Å². The van der Waals surface area contributed by atoms with Crippen LogP contribution >= 0.6 is 0 Å². The van der Waals surface area contributed by atoms with Crippen LogP contribution < -0.4 is 15.4 Å². The van der Waals surface area contributed by atoms with Gasteiger partial charge in [-0.05, 0) is 32.4 Å². The van der Waals surface area contributed by atoms with Crippen molar-refractivity contribution in [3.05, 3.63) is 24.3 Å². The normalized spacial score (nSPS) is 10.4. The van der Waals surface area contributed by atoms with Gasteiger partial charge in [0.25, 0.3) is 0 Å². The zero-order valence-corrected chi connectivity index (χ0v) is 12.4. The molecule has 0 fully saturated rings. The Kier molecular flexibility index (Phi) is 7.50. The lowest BCUT2D eigenvalue weighted by Crippen LogP contribution is -2.31. The fraction of sp³-hybridized carbons (Fsp3) is 0.533. The zero-order valence-electron chi connectivity index (χ0n) is 12.4. The number of anilines is 1. The minimum Gasteiger partial charge on any atom is -0.495 e. The van der Waals surface area contributed by atoms with Crippen LogP contribution in [0, 0.1) is 0 Å². The van der Waals surface area contributed by atoms with Crippen molar-refractivity contribution in [2.45, 2.75) is 26.4 Å². The molecule has 112 valence electrons. The summed E-state index contributed by atoms with van der Waals surface area (Å²) in [7, 11) is 1.61. The van der Waals surface area contributed by atoms with Crippen LogP contribution in [0.25, 0.3) is 0 Å². The first-order valence-electron chi connectivity index (χ1n) is 6.88. The molecule has 0 aliphatic carbocycles. The fourth-order valence-electron chi connectivity index (χ4n) is 1.65. The van der Waals surface area contributed by atoms with Crippen molar-refractivity contribution < 1.29 is 14.3 Å². The number of amides is 1. The Bertz CT molecular complexity index is 408. The molecular formula is C15H24N2O3. The van der Waals surface area contributed by atoms with E-state index in [1.807, 2.05) is 38.1 Å². The summed E-state index contributed by atoms with van der Waals surface area (Å²) < 4.78 is 10.6. The molecule has 0 atom stereocenters. The van der Waals surface area contributed by atoms with E-state index < -0.39 is 0 Å². The number of hydrogen-bond donors (Lipinski definition) is 2. The third kappa shape index (κ3) is 6.43. The monoisotopic (exact) mass is 280 g/mol. The summed E-state index contributed by atoms with van der Waals surface area (Å²) in [5, 5.41) is 5.90. The predicted octanol–water partition coefficient (Wildman–Crippen LogP) is 2.04. The van der Waals surface area contributed by atoms with Crippen LogP contribution in [0.3, 0.4) is 0 Å². The van der Waals surface area contributed by atoms with Gasteiger partial charge in [0.05, 0.1) is 25.4 Å². The smallest absolute Gasteiger partial charge is 0.239 e. The molecule has 2 N–H and O–H groups in total. The molecule has 0 aliphatic heterocycles. The maximum atomic E-state index is 11.7. The van der Waals surface area contributed by atoms with Crippen LogP contribution in [-0.2, 0) is 9.53 Å². The molecule has 5 nitrogen and oxygen atoms in total. The van der Waals surface area contributed by atoms with E-state index in [1.165, 1.54) is 0 Å². The van der Waals surface area contributed by atoms with Crippen molar-refractivity contribution >= 4 is 11.6 Å². The van der Waals surface area contributed by atoms with Gasteiger partial charge >= 0.3 is 0 Å². The summed E-state index contributed by atoms with van der Waals surface area (Å²) in [6.45, 7) is 5.51. The highest BCUT2D eigenvalue weighted by molar-refractivity contribution is 5.81. The fourth-order valence-corrected chi connectivity index (χ4v) is 1.65. The number of hydrogen-bond acceptors (Lipinski definition) is 4. The third-order valence-electron chi connectivity index (χ3n) is 2.64. The molecule has 20 heavy (non-hydrogen) atoms. The van der Waals surface area contributed by atoms with Crippen molar-refractivity contribution in [3.63, 3.8) is 0 Å². The molecule has 0 aromatic heterocycles. The van der Waals surface area contributed by atoms with E-state index in [4.69, 9.17) is 9.47 Å². The maximum absolute atomic E-state index is 11.7. The molecule has 0 unspecified atom stereocenters. The van der Waals surface area contributed by atoms with E-state index in [-0.39, 0.29) is 18.6 Å². The van der Waals surface area contributed by atoms with E-state index in [2.05, 4.69) is 10.6 Å². The average molecular weight is 280 g/mol. The number of benzene rings is 1. The first kappa shape index (κ1) is 16.3. The van der Waals surface area contributed by atoms with Gasteiger partial charge in [-0.1, -0.05) is 12.1 Å². The Hall–Kier alpha value is -1.75. The van der Waals surface area contributed by atoms with Gasteiger partial charge in [-0.15, -0.1) is 0 Å². The van der Waals surface area contributed by atoms with E-state index in [0.717, 1.165) is 17.9 Å². The Balaban J connectivity index is 2.19. The number of carbonyl (C=O) groups excluding carboxylic acids is 1. The van der Waals surface area contributed by atoms with Crippen LogP contribution in [0.2, 0.25) is 0 Å². The van der Waals surface area contributed by atoms with Crippen molar-refractivity contribution in [2.75, 3.05) is 32.1 Å². The molecular weight excluding hydrogens is 256 g/mol. The van der Waals surface area contributed by atoms with Crippen LogP contribution in [0.4, 0.5) is 5.69 Å². The summed E-state index contributed by atoms with van der Waals surface area (Å²) >= 11 is 0. The van der Waals surface area contributed by atoms with E-state index in [1.54, 1.807) is 7.11 Å². The summed E-state index contributed by atoms with van der Waals surface area (Å²) in [5.74, 6) is 0.686. The number of carbonyl (C=O) groups is 1. The standard InChI is InChI=1S/C15H24N2O3/c1-12(2)20-10-6-9-16-15(18)11-17-13-7-4-5-8-14(13)19-3/h4-5,7-8,12,17H,6,9-11H2,1-3H3,(H,16,18). The minimum atomic E-state index is -0.0412. The first-order valence-corrected chi connectivity index (χ1v) is 6.88. The van der Waals surface area contributed by atoms with E-state index >= 15 is 0 Å². The van der Waals surface area contributed by atoms with Gasteiger partial charge in [-0.25, -0.2) is 0 Å². The molecule has 1 rings (SSSR count). The van der Waals surface area contributed by atoms with Gasteiger partial charge in [0, 0.05) is 13.2 Å². The second-order valence-corrected chi connectivity index (χ2v) is 4.68. The summed E-state index contributed by atoms with van der Waals surface area (Å²) in [5.41, 5.74) is 0.813. The third-order valence-corrected chi connectivity index (χ3v) is 2.64. The molecule has 0 heterocycles. The summed E-state index contributed by atoms with van der Waals surface area (Å²) in [4.78, 5) is 11.7. The van der Waals surface area contributed by atoms with Crippen molar-refractivity contribution in [3.8, 4) is 5.75 Å². The molecule has 1 aromatic rings. The van der Waals surface area contributed by atoms with Gasteiger partial charge in [-0.2, -0.15) is 0 Å². The Morgan fingerprint density at radius 1 is 1.30 bits per heavy atom. The van der Waals surface area contributed by atoms with Crippen molar-refractivity contribution in [2.24, 2.45) is 0 Å². The highest BCUT2D eigenvalue weighted by Gasteiger charge is 2.04. The van der Waals surface area contributed by atoms with Crippen LogP contribution in [0.5, 0.6) is 5.75 Å². The largest absolute Gasteiger partial charge is 0.495 e. The number of para-hydroxylation sites is 2. The van der Waals surface area contributed by atoms with Crippen LogP contribution in [0.1, 0.15) is 20.3 Å². The number of rotatable bonds is 9. The quantitative estimate of drug-likeness (QED) is 0.680. The molecule has 1 aromatic carbocycles. The molecule has 0 aliphatic rings. The first-order chi connectivity index (χ1) is 9.63. The number of ether oxygens (including phenoxy) is 2. The average Bonchev–Trinajstić information content (AvgIpc) is 2.44. The van der Waals surface area contributed by atoms with Gasteiger partial charge in [-0.3, -0.25) is 4.79 Å². The Labute approximate surface area is 120 Å². The second kappa shape index (κ2) is 9.20. The molecule has 5 heteroatoms. The lowest BCUT2D eigenvalue weighted by molar-refractivity contribution is -0.119. The predicted molar refractivity (Wildman–Crippen MR) is 80.2 cm³/mol. The molecule has 1 amide bonds. The highest BCUT2D eigenvalue weighted by atomic mass is 16.5. The van der Waals surface area contributed by atoms with Crippen LogP contribution in [0.15, 0.2) is 24.3 Å². The molecule has 0 saturated carbocycles. The maximum Gasteiger partial charge on any atom is 0.239 e. The van der Waals surface area contributed by atoms with Gasteiger partial charge < -0.3 is 20.1 Å². The topological polar surface area (TPSA) is 59.6 Å². The van der Waals surface area contributed by atoms with E-state index in [9.17, 15) is 4.79 Å². The summed E-state index contributed by atoms with van der Waals surface area (Å²) in [6.07, 6.45) is 1.05. The second-order valence-electron chi connectivity index (χ2n) is 4.68.